The Bertz CT molecular complexity index is 1070. The molecule has 0 bridgehead atoms. The highest BCUT2D eigenvalue weighted by atomic mass is 32.2. The Morgan fingerprint density at radius 3 is 2.44 bits per heavy atom. The molecule has 0 saturated heterocycles. The number of hydrogen-bond donors (Lipinski definition) is 1. The maximum absolute atomic E-state index is 13.9. The number of sulfonamides is 1. The monoisotopic (exact) mass is 359 g/mol. The summed E-state index contributed by atoms with van der Waals surface area (Å²) in [5.41, 5.74) is 5.78. The van der Waals surface area contributed by atoms with Gasteiger partial charge in [0.2, 0.25) is 5.91 Å². The SMILES string of the molecule is CN(c1ccc(C(N)=O)cc1)S(=O)(=O)c1ccc(F)c2ncccc12. The summed E-state index contributed by atoms with van der Waals surface area (Å²) in [7, 11) is -2.58. The summed E-state index contributed by atoms with van der Waals surface area (Å²) in [6.07, 6.45) is 1.40. The lowest BCUT2D eigenvalue weighted by Gasteiger charge is -2.20. The molecule has 25 heavy (non-hydrogen) atoms. The number of rotatable bonds is 4. The molecule has 2 N–H and O–H groups in total. The van der Waals surface area contributed by atoms with Gasteiger partial charge in [0.05, 0.1) is 10.6 Å². The number of benzene rings is 2. The number of aromatic nitrogens is 1. The van der Waals surface area contributed by atoms with Crippen LogP contribution in [-0.4, -0.2) is 26.4 Å². The van der Waals surface area contributed by atoms with Gasteiger partial charge in [0.1, 0.15) is 11.3 Å². The Balaban J connectivity index is 2.10. The highest BCUT2D eigenvalue weighted by Gasteiger charge is 2.25. The van der Waals surface area contributed by atoms with Crippen molar-refractivity contribution in [3.63, 3.8) is 0 Å². The molecule has 0 unspecified atom stereocenters. The molecule has 8 heteroatoms. The second-order valence-corrected chi connectivity index (χ2v) is 7.27. The molecule has 2 aromatic carbocycles. The van der Waals surface area contributed by atoms with Crippen molar-refractivity contribution in [2.24, 2.45) is 5.73 Å². The van der Waals surface area contributed by atoms with Crippen LogP contribution in [0.5, 0.6) is 0 Å². The van der Waals surface area contributed by atoms with Gasteiger partial charge in [-0.05, 0) is 48.5 Å². The van der Waals surface area contributed by atoms with E-state index in [0.29, 0.717) is 5.69 Å². The third kappa shape index (κ3) is 2.91. The van der Waals surface area contributed by atoms with Gasteiger partial charge >= 0.3 is 0 Å². The Hall–Kier alpha value is -3.00. The van der Waals surface area contributed by atoms with Crippen LogP contribution < -0.4 is 10.0 Å². The number of nitrogens with two attached hydrogens (primary N) is 1. The first-order chi connectivity index (χ1) is 11.8. The van der Waals surface area contributed by atoms with Crippen molar-refractivity contribution in [3.8, 4) is 0 Å². The minimum Gasteiger partial charge on any atom is -0.366 e. The number of primary amides is 1. The van der Waals surface area contributed by atoms with E-state index in [0.717, 1.165) is 10.4 Å². The molecule has 0 spiro atoms. The average molecular weight is 359 g/mol. The zero-order chi connectivity index (χ0) is 18.2. The minimum absolute atomic E-state index is 0.0129. The predicted octanol–water partition coefficient (Wildman–Crippen LogP) is 2.30. The van der Waals surface area contributed by atoms with Crippen LogP contribution in [0.1, 0.15) is 10.4 Å². The summed E-state index contributed by atoms with van der Waals surface area (Å²) in [5, 5.41) is 0.197. The number of carbonyl (C=O) groups excluding carboxylic acids is 1. The zero-order valence-corrected chi connectivity index (χ0v) is 14.0. The Labute approximate surface area is 143 Å². The van der Waals surface area contributed by atoms with Crippen LogP contribution in [0.3, 0.4) is 0 Å². The molecule has 1 aromatic heterocycles. The Kier molecular flexibility index (Phi) is 4.13. The maximum Gasteiger partial charge on any atom is 0.264 e. The van der Waals surface area contributed by atoms with E-state index in [4.69, 9.17) is 5.73 Å². The Morgan fingerprint density at radius 2 is 1.80 bits per heavy atom. The van der Waals surface area contributed by atoms with Crippen molar-refractivity contribution in [2.75, 3.05) is 11.4 Å². The molecule has 0 radical (unpaired) electrons. The number of amides is 1. The van der Waals surface area contributed by atoms with E-state index >= 15 is 0 Å². The fourth-order valence-electron chi connectivity index (χ4n) is 2.46. The third-order valence-corrected chi connectivity index (χ3v) is 5.68. The molecule has 0 aliphatic heterocycles. The minimum atomic E-state index is -3.96. The molecule has 6 nitrogen and oxygen atoms in total. The topological polar surface area (TPSA) is 93.4 Å². The highest BCUT2D eigenvalue weighted by molar-refractivity contribution is 7.93. The normalized spacial score (nSPS) is 11.4. The largest absolute Gasteiger partial charge is 0.366 e. The van der Waals surface area contributed by atoms with E-state index in [1.807, 2.05) is 0 Å². The van der Waals surface area contributed by atoms with Crippen LogP contribution in [0.2, 0.25) is 0 Å². The summed E-state index contributed by atoms with van der Waals surface area (Å²) in [5.74, 6) is -1.20. The number of carbonyl (C=O) groups is 1. The van der Waals surface area contributed by atoms with Crippen LogP contribution in [0.15, 0.2) is 59.6 Å². The fourth-order valence-corrected chi connectivity index (χ4v) is 3.84. The number of nitrogens with zero attached hydrogens (tertiary/aromatic N) is 2. The van der Waals surface area contributed by atoms with Crippen molar-refractivity contribution in [3.05, 3.63) is 66.1 Å². The summed E-state index contributed by atoms with van der Waals surface area (Å²) in [6, 6.07) is 11.2. The standard InChI is InChI=1S/C17H14FN3O3S/c1-21(12-6-4-11(5-7-12)17(19)22)25(23,24)15-9-8-14(18)16-13(15)3-2-10-20-16/h2-10H,1H3,(H2,19,22). The van der Waals surface area contributed by atoms with Gasteiger partial charge < -0.3 is 5.73 Å². The molecule has 3 rings (SSSR count). The molecule has 3 aromatic rings. The molecule has 1 amide bonds. The maximum atomic E-state index is 13.9. The van der Waals surface area contributed by atoms with Crippen LogP contribution in [-0.2, 0) is 10.0 Å². The molecular formula is C17H14FN3O3S. The number of pyridine rings is 1. The van der Waals surface area contributed by atoms with E-state index < -0.39 is 21.7 Å². The summed E-state index contributed by atoms with van der Waals surface area (Å²) in [6.45, 7) is 0. The van der Waals surface area contributed by atoms with Gasteiger partial charge in [0.25, 0.3) is 10.0 Å². The summed E-state index contributed by atoms with van der Waals surface area (Å²) in [4.78, 5) is 15.0. The molecule has 0 fully saturated rings. The lowest BCUT2D eigenvalue weighted by Crippen LogP contribution is -2.27. The predicted molar refractivity (Wildman–Crippen MR) is 92.2 cm³/mol. The fraction of sp³-hybridized carbons (Fsp3) is 0.0588. The van der Waals surface area contributed by atoms with Gasteiger partial charge in [-0.15, -0.1) is 0 Å². The first kappa shape index (κ1) is 16.8. The second-order valence-electron chi connectivity index (χ2n) is 5.33. The number of anilines is 1. The van der Waals surface area contributed by atoms with Gasteiger partial charge in [-0.25, -0.2) is 12.8 Å². The van der Waals surface area contributed by atoms with Crippen LogP contribution in [0.4, 0.5) is 10.1 Å². The quantitative estimate of drug-likeness (QED) is 0.773. The van der Waals surface area contributed by atoms with Crippen molar-refractivity contribution >= 4 is 32.5 Å². The number of hydrogen-bond acceptors (Lipinski definition) is 4. The molecule has 0 atom stereocenters. The molecule has 0 saturated carbocycles. The second kappa shape index (κ2) is 6.14. The smallest absolute Gasteiger partial charge is 0.264 e. The summed E-state index contributed by atoms with van der Waals surface area (Å²) >= 11 is 0. The van der Waals surface area contributed by atoms with Crippen molar-refractivity contribution in [1.29, 1.82) is 0 Å². The molecule has 1 heterocycles. The van der Waals surface area contributed by atoms with Crippen LogP contribution in [0.25, 0.3) is 10.9 Å². The molecule has 0 aliphatic rings. The average Bonchev–Trinajstić information content (AvgIpc) is 2.61. The van der Waals surface area contributed by atoms with Crippen LogP contribution in [0, 0.1) is 5.82 Å². The number of halogens is 1. The highest BCUT2D eigenvalue weighted by Crippen LogP contribution is 2.28. The van der Waals surface area contributed by atoms with E-state index in [9.17, 15) is 17.6 Å². The lowest BCUT2D eigenvalue weighted by molar-refractivity contribution is 0.100. The van der Waals surface area contributed by atoms with E-state index in [2.05, 4.69) is 4.98 Å². The van der Waals surface area contributed by atoms with Gasteiger partial charge in [-0.1, -0.05) is 0 Å². The van der Waals surface area contributed by atoms with Crippen molar-refractivity contribution in [2.45, 2.75) is 4.90 Å². The lowest BCUT2D eigenvalue weighted by atomic mass is 10.2. The van der Waals surface area contributed by atoms with E-state index in [1.165, 1.54) is 49.6 Å². The van der Waals surface area contributed by atoms with Crippen molar-refractivity contribution in [1.82, 2.24) is 4.98 Å². The van der Waals surface area contributed by atoms with Crippen LogP contribution >= 0.6 is 0 Å². The first-order valence-electron chi connectivity index (χ1n) is 7.24. The third-order valence-electron chi connectivity index (χ3n) is 3.83. The molecular weight excluding hydrogens is 345 g/mol. The van der Waals surface area contributed by atoms with E-state index in [1.54, 1.807) is 6.07 Å². The van der Waals surface area contributed by atoms with Gasteiger partial charge in [-0.3, -0.25) is 14.1 Å². The Morgan fingerprint density at radius 1 is 1.12 bits per heavy atom. The van der Waals surface area contributed by atoms with Gasteiger partial charge in [-0.2, -0.15) is 0 Å². The first-order valence-corrected chi connectivity index (χ1v) is 8.68. The molecule has 0 aliphatic carbocycles. The zero-order valence-electron chi connectivity index (χ0n) is 13.2. The van der Waals surface area contributed by atoms with Crippen molar-refractivity contribution < 1.29 is 17.6 Å². The van der Waals surface area contributed by atoms with Gasteiger partial charge in [0, 0.05) is 24.2 Å². The van der Waals surface area contributed by atoms with E-state index in [-0.39, 0.29) is 21.4 Å². The molecule has 128 valence electrons. The van der Waals surface area contributed by atoms with Gasteiger partial charge in [0.15, 0.2) is 0 Å². The number of fused-ring (bicyclic) bond motifs is 1. The summed E-state index contributed by atoms with van der Waals surface area (Å²) < 4.78 is 40.9.